The van der Waals surface area contributed by atoms with Gasteiger partial charge in [-0.3, -0.25) is 0 Å². The summed E-state index contributed by atoms with van der Waals surface area (Å²) in [6.07, 6.45) is -0.592. The topological polar surface area (TPSA) is 41.5 Å². The van der Waals surface area contributed by atoms with E-state index in [-0.39, 0.29) is 18.4 Å². The van der Waals surface area contributed by atoms with Gasteiger partial charge in [-0.1, -0.05) is 12.1 Å². The van der Waals surface area contributed by atoms with Gasteiger partial charge in [-0.25, -0.2) is 0 Å². The first kappa shape index (κ1) is 17.1. The Morgan fingerprint density at radius 2 is 1.77 bits per heavy atom. The number of aliphatic hydroxyl groups is 1. The minimum Gasteiger partial charge on any atom is -0.406 e. The van der Waals surface area contributed by atoms with Crippen molar-refractivity contribution in [2.75, 3.05) is 6.61 Å². The van der Waals surface area contributed by atoms with Gasteiger partial charge < -0.3 is 15.2 Å². The zero-order valence-corrected chi connectivity index (χ0v) is 12.6. The van der Waals surface area contributed by atoms with Crippen LogP contribution < -0.4 is 10.1 Å². The van der Waals surface area contributed by atoms with Gasteiger partial charge in [-0.2, -0.15) is 0 Å². The van der Waals surface area contributed by atoms with Crippen LogP contribution >= 0.6 is 0 Å². The number of hydrogen-bond donors (Lipinski definition) is 2. The lowest BCUT2D eigenvalue weighted by Gasteiger charge is -2.30. The second kappa shape index (κ2) is 7.33. The van der Waals surface area contributed by atoms with Gasteiger partial charge in [0.15, 0.2) is 0 Å². The lowest BCUT2D eigenvalue weighted by Crippen LogP contribution is -2.35. The molecule has 0 radical (unpaired) electrons. The van der Waals surface area contributed by atoms with Crippen molar-refractivity contribution in [3.8, 4) is 5.75 Å². The zero-order chi connectivity index (χ0) is 16.2. The Labute approximate surface area is 128 Å². The highest BCUT2D eigenvalue weighted by Gasteiger charge is 2.31. The van der Waals surface area contributed by atoms with E-state index in [0.29, 0.717) is 12.0 Å². The predicted molar refractivity (Wildman–Crippen MR) is 77.5 cm³/mol. The Hall–Kier alpha value is -1.27. The van der Waals surface area contributed by atoms with E-state index in [0.717, 1.165) is 31.2 Å². The summed E-state index contributed by atoms with van der Waals surface area (Å²) >= 11 is 0. The van der Waals surface area contributed by atoms with Gasteiger partial charge in [0.2, 0.25) is 0 Å². The van der Waals surface area contributed by atoms with Crippen LogP contribution in [0, 0.1) is 5.92 Å². The van der Waals surface area contributed by atoms with E-state index in [4.69, 9.17) is 5.11 Å². The van der Waals surface area contributed by atoms with Crippen LogP contribution in [0.3, 0.4) is 0 Å². The summed E-state index contributed by atoms with van der Waals surface area (Å²) in [5, 5.41) is 12.6. The van der Waals surface area contributed by atoms with Crippen molar-refractivity contribution in [1.82, 2.24) is 5.32 Å². The number of aliphatic hydroxyl groups excluding tert-OH is 1. The molecule has 0 heterocycles. The summed E-state index contributed by atoms with van der Waals surface area (Å²) < 4.78 is 40.2. The average Bonchev–Trinajstić information content (AvgIpc) is 2.47. The van der Waals surface area contributed by atoms with Crippen LogP contribution in [0.2, 0.25) is 0 Å². The van der Waals surface area contributed by atoms with Gasteiger partial charge in [-0.05, 0) is 56.2 Å². The lowest BCUT2D eigenvalue weighted by molar-refractivity contribution is -0.274. The van der Waals surface area contributed by atoms with Gasteiger partial charge in [0.25, 0.3) is 0 Å². The minimum atomic E-state index is -4.66. The second-order valence-electron chi connectivity index (χ2n) is 5.91. The Morgan fingerprint density at radius 1 is 1.18 bits per heavy atom. The van der Waals surface area contributed by atoms with Crippen molar-refractivity contribution in [2.24, 2.45) is 5.92 Å². The fourth-order valence-corrected chi connectivity index (χ4v) is 2.92. The third-order valence-corrected chi connectivity index (χ3v) is 4.20. The Kier molecular flexibility index (Phi) is 5.69. The minimum absolute atomic E-state index is 0.0654. The lowest BCUT2D eigenvalue weighted by atomic mass is 9.86. The molecule has 0 aliphatic heterocycles. The third kappa shape index (κ3) is 5.18. The Bertz CT molecular complexity index is 453. The number of nitrogens with one attached hydrogen (secondary N) is 1. The maximum absolute atomic E-state index is 12.1. The molecule has 1 atom stereocenters. The van der Waals surface area contributed by atoms with Crippen LogP contribution in [0.1, 0.15) is 44.2 Å². The molecule has 0 bridgehead atoms. The fourth-order valence-electron chi connectivity index (χ4n) is 2.92. The van der Waals surface area contributed by atoms with E-state index in [1.165, 1.54) is 12.1 Å². The SMILES string of the molecule is CC(NC1CCC(CO)CC1)c1ccc(OC(F)(F)F)cc1. The molecule has 0 aromatic heterocycles. The molecule has 1 aliphatic rings. The molecular formula is C16H22F3NO2. The van der Waals surface area contributed by atoms with Gasteiger partial charge in [0.05, 0.1) is 0 Å². The monoisotopic (exact) mass is 317 g/mol. The van der Waals surface area contributed by atoms with Crippen molar-refractivity contribution in [3.63, 3.8) is 0 Å². The maximum atomic E-state index is 12.1. The average molecular weight is 317 g/mol. The van der Waals surface area contributed by atoms with Crippen molar-refractivity contribution in [1.29, 1.82) is 0 Å². The standard InChI is InChI=1S/C16H22F3NO2/c1-11(20-14-6-2-12(10-21)3-7-14)13-4-8-15(9-5-13)22-16(17,18)19/h4-5,8-9,11-12,14,20-21H,2-3,6-7,10H2,1H3. The van der Waals surface area contributed by atoms with Crippen molar-refractivity contribution in [2.45, 2.75) is 51.1 Å². The molecule has 2 rings (SSSR count). The molecule has 1 aromatic carbocycles. The molecule has 1 fully saturated rings. The van der Waals surface area contributed by atoms with Gasteiger partial charge in [-0.15, -0.1) is 13.2 Å². The predicted octanol–water partition coefficient (Wildman–Crippen LogP) is 3.79. The van der Waals surface area contributed by atoms with Crippen molar-refractivity contribution < 1.29 is 23.0 Å². The first-order valence-electron chi connectivity index (χ1n) is 7.60. The number of alkyl halides is 3. The first-order valence-corrected chi connectivity index (χ1v) is 7.60. The molecular weight excluding hydrogens is 295 g/mol. The summed E-state index contributed by atoms with van der Waals surface area (Å²) in [4.78, 5) is 0. The number of ether oxygens (including phenoxy) is 1. The normalized spacial score (nSPS) is 24.0. The molecule has 0 saturated heterocycles. The van der Waals surface area contributed by atoms with Gasteiger partial charge in [0, 0.05) is 18.7 Å². The summed E-state index contributed by atoms with van der Waals surface area (Å²) in [7, 11) is 0. The van der Waals surface area contributed by atoms with Crippen LogP contribution in [0.5, 0.6) is 5.75 Å². The molecule has 6 heteroatoms. The summed E-state index contributed by atoms with van der Waals surface area (Å²) in [6.45, 7) is 2.25. The molecule has 1 aliphatic carbocycles. The second-order valence-corrected chi connectivity index (χ2v) is 5.91. The van der Waals surface area contributed by atoms with Crippen LogP contribution in [0.4, 0.5) is 13.2 Å². The smallest absolute Gasteiger partial charge is 0.406 e. The quantitative estimate of drug-likeness (QED) is 0.868. The zero-order valence-electron chi connectivity index (χ0n) is 12.6. The van der Waals surface area contributed by atoms with E-state index >= 15 is 0 Å². The van der Waals surface area contributed by atoms with E-state index in [9.17, 15) is 13.2 Å². The first-order chi connectivity index (χ1) is 10.4. The summed E-state index contributed by atoms with van der Waals surface area (Å²) in [5.41, 5.74) is 0.929. The van der Waals surface area contributed by atoms with E-state index < -0.39 is 6.36 Å². The van der Waals surface area contributed by atoms with Crippen molar-refractivity contribution >= 4 is 0 Å². The molecule has 1 saturated carbocycles. The molecule has 22 heavy (non-hydrogen) atoms. The molecule has 1 unspecified atom stereocenters. The Morgan fingerprint density at radius 3 is 2.27 bits per heavy atom. The van der Waals surface area contributed by atoms with Crippen molar-refractivity contribution in [3.05, 3.63) is 29.8 Å². The number of halogens is 3. The highest BCUT2D eigenvalue weighted by molar-refractivity contribution is 5.29. The van der Waals surface area contributed by atoms with Crippen LogP contribution in [-0.2, 0) is 0 Å². The number of hydrogen-bond acceptors (Lipinski definition) is 3. The molecule has 1 aromatic rings. The van der Waals surface area contributed by atoms with E-state index in [1.54, 1.807) is 12.1 Å². The van der Waals surface area contributed by atoms with E-state index in [2.05, 4.69) is 10.1 Å². The van der Waals surface area contributed by atoms with Gasteiger partial charge >= 0.3 is 6.36 Å². The van der Waals surface area contributed by atoms with Gasteiger partial charge in [0.1, 0.15) is 5.75 Å². The summed E-state index contributed by atoms with van der Waals surface area (Å²) in [6, 6.07) is 6.43. The number of rotatable bonds is 5. The molecule has 2 N–H and O–H groups in total. The van der Waals surface area contributed by atoms with Crippen LogP contribution in [0.15, 0.2) is 24.3 Å². The number of benzene rings is 1. The van der Waals surface area contributed by atoms with Crippen LogP contribution in [0.25, 0.3) is 0 Å². The highest BCUT2D eigenvalue weighted by Crippen LogP contribution is 2.27. The third-order valence-electron chi connectivity index (χ3n) is 4.20. The molecule has 3 nitrogen and oxygen atoms in total. The molecule has 0 spiro atoms. The Balaban J connectivity index is 1.86. The van der Waals surface area contributed by atoms with Crippen LogP contribution in [-0.4, -0.2) is 24.1 Å². The largest absolute Gasteiger partial charge is 0.573 e. The molecule has 0 amide bonds. The van der Waals surface area contributed by atoms with E-state index in [1.807, 2.05) is 6.92 Å². The highest BCUT2D eigenvalue weighted by atomic mass is 19.4. The summed E-state index contributed by atoms with van der Waals surface area (Å²) in [5.74, 6) is 0.207. The fraction of sp³-hybridized carbons (Fsp3) is 0.625. The molecule has 124 valence electrons. The maximum Gasteiger partial charge on any atom is 0.573 e.